The number of thiocarbonyl (C=S) groups is 1. The molecule has 0 aliphatic heterocycles. The van der Waals surface area contributed by atoms with Crippen molar-refractivity contribution in [2.45, 2.75) is 19.9 Å². The van der Waals surface area contributed by atoms with Gasteiger partial charge >= 0.3 is 0 Å². The van der Waals surface area contributed by atoms with Gasteiger partial charge in [0, 0.05) is 30.0 Å². The van der Waals surface area contributed by atoms with Gasteiger partial charge in [-0.25, -0.2) is 0 Å². The van der Waals surface area contributed by atoms with Crippen molar-refractivity contribution < 1.29 is 9.47 Å². The van der Waals surface area contributed by atoms with Gasteiger partial charge in [-0.2, -0.15) is 0 Å². The molecular weight excluding hydrogens is 248 g/mol. The molecule has 1 rings (SSSR count). The van der Waals surface area contributed by atoms with Crippen molar-refractivity contribution in [3.8, 4) is 5.75 Å². The van der Waals surface area contributed by atoms with Crippen molar-refractivity contribution in [2.24, 2.45) is 5.73 Å². The molecule has 0 aromatic heterocycles. The Morgan fingerprint density at radius 2 is 2.22 bits per heavy atom. The number of hydrogen-bond acceptors (Lipinski definition) is 4. The highest BCUT2D eigenvalue weighted by atomic mass is 32.1. The molecule has 0 spiro atoms. The van der Waals surface area contributed by atoms with Crippen molar-refractivity contribution >= 4 is 22.9 Å². The minimum absolute atomic E-state index is 0.171. The first-order valence-corrected chi connectivity index (χ1v) is 6.31. The summed E-state index contributed by atoms with van der Waals surface area (Å²) in [4.78, 5) is 0.365. The Hall–Kier alpha value is -1.33. The topological polar surface area (TPSA) is 56.5 Å². The Balaban J connectivity index is 2.86. The molecule has 0 amide bonds. The summed E-state index contributed by atoms with van der Waals surface area (Å²) in [6.45, 7) is 5.34. The number of nitrogens with two attached hydrogens (primary N) is 1. The zero-order valence-corrected chi connectivity index (χ0v) is 11.8. The van der Waals surface area contributed by atoms with Crippen molar-refractivity contribution in [3.05, 3.63) is 23.8 Å². The third kappa shape index (κ3) is 4.16. The Labute approximate surface area is 113 Å². The quantitative estimate of drug-likeness (QED) is 0.742. The Morgan fingerprint density at radius 1 is 1.50 bits per heavy atom. The fourth-order valence-corrected chi connectivity index (χ4v) is 1.76. The van der Waals surface area contributed by atoms with Crippen LogP contribution in [0.2, 0.25) is 0 Å². The second-order valence-corrected chi connectivity index (χ2v) is 4.42. The highest BCUT2D eigenvalue weighted by molar-refractivity contribution is 7.80. The molecule has 1 unspecified atom stereocenters. The summed E-state index contributed by atoms with van der Waals surface area (Å²) in [5.41, 5.74) is 7.38. The van der Waals surface area contributed by atoms with E-state index in [1.807, 2.05) is 32.0 Å². The SMILES string of the molecule is CCOCC(C)Nc1cc(OC)ccc1C(N)=S. The molecule has 1 atom stereocenters. The first-order valence-electron chi connectivity index (χ1n) is 5.90. The summed E-state index contributed by atoms with van der Waals surface area (Å²) >= 11 is 5.04. The third-order valence-corrected chi connectivity index (χ3v) is 2.69. The molecule has 3 N–H and O–H groups in total. The van der Waals surface area contributed by atoms with Crippen LogP contribution in [0.1, 0.15) is 19.4 Å². The van der Waals surface area contributed by atoms with E-state index in [1.54, 1.807) is 7.11 Å². The molecule has 0 heterocycles. The molecule has 4 nitrogen and oxygen atoms in total. The second kappa shape index (κ2) is 7.18. The molecule has 0 aliphatic carbocycles. The summed E-state index contributed by atoms with van der Waals surface area (Å²) in [6.07, 6.45) is 0. The van der Waals surface area contributed by atoms with Crippen LogP contribution in [0.3, 0.4) is 0 Å². The maximum Gasteiger partial charge on any atom is 0.120 e. The van der Waals surface area contributed by atoms with Gasteiger partial charge in [-0.15, -0.1) is 0 Å². The van der Waals surface area contributed by atoms with Crippen LogP contribution in [0.5, 0.6) is 5.75 Å². The van der Waals surface area contributed by atoms with Crippen LogP contribution in [0.15, 0.2) is 18.2 Å². The lowest BCUT2D eigenvalue weighted by atomic mass is 10.1. The van der Waals surface area contributed by atoms with E-state index >= 15 is 0 Å². The molecule has 0 aliphatic rings. The zero-order valence-electron chi connectivity index (χ0n) is 11.0. The van der Waals surface area contributed by atoms with Gasteiger partial charge < -0.3 is 20.5 Å². The molecular formula is C13H20N2O2S. The van der Waals surface area contributed by atoms with Crippen LogP contribution in [0.25, 0.3) is 0 Å². The van der Waals surface area contributed by atoms with Crippen LogP contribution >= 0.6 is 12.2 Å². The van der Waals surface area contributed by atoms with E-state index in [0.717, 1.165) is 17.0 Å². The highest BCUT2D eigenvalue weighted by Gasteiger charge is 2.09. The first kappa shape index (κ1) is 14.7. The summed E-state index contributed by atoms with van der Waals surface area (Å²) in [5.74, 6) is 0.765. The van der Waals surface area contributed by atoms with E-state index in [0.29, 0.717) is 18.2 Å². The Kier molecular flexibility index (Phi) is 5.88. The number of anilines is 1. The summed E-state index contributed by atoms with van der Waals surface area (Å²) in [7, 11) is 1.63. The molecule has 0 fully saturated rings. The number of hydrogen-bond donors (Lipinski definition) is 2. The molecule has 0 radical (unpaired) electrons. The van der Waals surface area contributed by atoms with Crippen molar-refractivity contribution in [1.82, 2.24) is 0 Å². The fourth-order valence-electron chi connectivity index (χ4n) is 1.59. The lowest BCUT2D eigenvalue weighted by Crippen LogP contribution is -2.24. The zero-order chi connectivity index (χ0) is 13.5. The monoisotopic (exact) mass is 268 g/mol. The van der Waals surface area contributed by atoms with E-state index in [4.69, 9.17) is 27.4 Å². The predicted molar refractivity (Wildman–Crippen MR) is 78.5 cm³/mol. The molecule has 5 heteroatoms. The van der Waals surface area contributed by atoms with Gasteiger partial charge in [-0.05, 0) is 26.0 Å². The normalized spacial score (nSPS) is 11.9. The first-order chi connectivity index (χ1) is 8.58. The average Bonchev–Trinajstić information content (AvgIpc) is 2.35. The van der Waals surface area contributed by atoms with E-state index in [-0.39, 0.29) is 6.04 Å². The fraction of sp³-hybridized carbons (Fsp3) is 0.462. The van der Waals surface area contributed by atoms with E-state index < -0.39 is 0 Å². The van der Waals surface area contributed by atoms with Crippen molar-refractivity contribution in [2.75, 3.05) is 25.6 Å². The molecule has 1 aromatic carbocycles. The Bertz CT molecular complexity index is 410. The largest absolute Gasteiger partial charge is 0.497 e. The Morgan fingerprint density at radius 3 is 2.78 bits per heavy atom. The molecule has 18 heavy (non-hydrogen) atoms. The summed E-state index contributed by atoms with van der Waals surface area (Å²) < 4.78 is 10.6. The summed E-state index contributed by atoms with van der Waals surface area (Å²) in [6, 6.07) is 5.76. The number of benzene rings is 1. The molecule has 0 saturated heterocycles. The number of rotatable bonds is 7. The van der Waals surface area contributed by atoms with Crippen LogP contribution in [-0.4, -0.2) is 31.4 Å². The van der Waals surface area contributed by atoms with Crippen molar-refractivity contribution in [3.63, 3.8) is 0 Å². The van der Waals surface area contributed by atoms with Gasteiger partial charge in [0.05, 0.1) is 13.7 Å². The predicted octanol–water partition coefficient (Wildman–Crippen LogP) is 2.17. The van der Waals surface area contributed by atoms with Gasteiger partial charge in [-0.3, -0.25) is 0 Å². The molecule has 1 aromatic rings. The van der Waals surface area contributed by atoms with E-state index in [2.05, 4.69) is 5.32 Å². The second-order valence-electron chi connectivity index (χ2n) is 3.98. The van der Waals surface area contributed by atoms with Gasteiger partial charge in [0.1, 0.15) is 10.7 Å². The number of methoxy groups -OCH3 is 1. The van der Waals surface area contributed by atoms with Gasteiger partial charge in [0.25, 0.3) is 0 Å². The standard InChI is InChI=1S/C13H20N2O2S/c1-4-17-8-9(2)15-12-7-10(16-3)5-6-11(12)13(14)18/h5-7,9,15H,4,8H2,1-3H3,(H2,14,18). The van der Waals surface area contributed by atoms with Crippen LogP contribution in [0, 0.1) is 0 Å². The van der Waals surface area contributed by atoms with Crippen molar-refractivity contribution in [1.29, 1.82) is 0 Å². The summed E-state index contributed by atoms with van der Waals surface area (Å²) in [5, 5.41) is 3.33. The lowest BCUT2D eigenvalue weighted by molar-refractivity contribution is 0.141. The lowest BCUT2D eigenvalue weighted by Gasteiger charge is -2.18. The third-order valence-electron chi connectivity index (χ3n) is 2.47. The van der Waals surface area contributed by atoms with Crippen LogP contribution in [-0.2, 0) is 4.74 Å². The van der Waals surface area contributed by atoms with Gasteiger partial charge in [-0.1, -0.05) is 12.2 Å². The maximum atomic E-state index is 5.70. The minimum Gasteiger partial charge on any atom is -0.497 e. The average molecular weight is 268 g/mol. The minimum atomic E-state index is 0.171. The molecule has 100 valence electrons. The smallest absolute Gasteiger partial charge is 0.120 e. The highest BCUT2D eigenvalue weighted by Crippen LogP contribution is 2.23. The molecule has 0 saturated carbocycles. The van der Waals surface area contributed by atoms with Crippen LogP contribution in [0.4, 0.5) is 5.69 Å². The van der Waals surface area contributed by atoms with E-state index in [1.165, 1.54) is 0 Å². The van der Waals surface area contributed by atoms with Gasteiger partial charge in [0.15, 0.2) is 0 Å². The molecule has 0 bridgehead atoms. The van der Waals surface area contributed by atoms with E-state index in [9.17, 15) is 0 Å². The number of nitrogens with one attached hydrogen (secondary N) is 1. The maximum absolute atomic E-state index is 5.70. The van der Waals surface area contributed by atoms with Gasteiger partial charge in [0.2, 0.25) is 0 Å². The number of ether oxygens (including phenoxy) is 2. The van der Waals surface area contributed by atoms with Crippen LogP contribution < -0.4 is 15.8 Å².